The van der Waals surface area contributed by atoms with Gasteiger partial charge in [-0.2, -0.15) is 0 Å². The number of para-hydroxylation sites is 1. The molecule has 0 radical (unpaired) electrons. The van der Waals surface area contributed by atoms with Gasteiger partial charge >= 0.3 is 0 Å². The van der Waals surface area contributed by atoms with Crippen molar-refractivity contribution in [3.63, 3.8) is 0 Å². The summed E-state index contributed by atoms with van der Waals surface area (Å²) in [7, 11) is 0. The largest absolute Gasteiger partial charge is 0.368 e. The highest BCUT2D eigenvalue weighted by Crippen LogP contribution is 2.16. The van der Waals surface area contributed by atoms with Crippen molar-refractivity contribution in [3.8, 4) is 5.69 Å². The Morgan fingerprint density at radius 2 is 1.69 bits per heavy atom. The molecule has 4 heteroatoms. The number of hydrogen-bond donors (Lipinski definition) is 0. The van der Waals surface area contributed by atoms with Gasteiger partial charge in [-0.15, -0.1) is 0 Å². The van der Waals surface area contributed by atoms with Gasteiger partial charge in [0.25, 0.3) is 0 Å². The fraction of sp³-hybridized carbons (Fsp3) is 0.0909. The average Bonchev–Trinajstić information content (AvgIpc) is 3.18. The van der Waals surface area contributed by atoms with Crippen LogP contribution in [0, 0.1) is 0 Å². The van der Waals surface area contributed by atoms with E-state index >= 15 is 0 Å². The lowest BCUT2D eigenvalue weighted by Crippen LogP contribution is -2.14. The Hall–Kier alpha value is -3.24. The molecule has 0 spiro atoms. The van der Waals surface area contributed by atoms with Crippen LogP contribution in [0.2, 0.25) is 0 Å². The number of ether oxygens (including phenoxy) is 1. The van der Waals surface area contributed by atoms with E-state index < -0.39 is 0 Å². The van der Waals surface area contributed by atoms with Gasteiger partial charge in [0.2, 0.25) is 5.78 Å². The number of nitrogens with zero attached hydrogens (tertiary/aromatic N) is 2. The van der Waals surface area contributed by atoms with E-state index in [1.807, 2.05) is 48.5 Å². The van der Waals surface area contributed by atoms with E-state index in [1.54, 1.807) is 17.0 Å². The van der Waals surface area contributed by atoms with Gasteiger partial charge in [0, 0.05) is 18.1 Å². The minimum atomic E-state index is -0.139. The van der Waals surface area contributed by atoms with Crippen molar-refractivity contribution in [1.82, 2.24) is 9.55 Å². The first kappa shape index (κ1) is 16.2. The van der Waals surface area contributed by atoms with Gasteiger partial charge in [-0.1, -0.05) is 54.6 Å². The number of hydrogen-bond acceptors (Lipinski definition) is 3. The third-order valence-corrected chi connectivity index (χ3v) is 4.24. The number of imidazole rings is 1. The molecule has 0 aliphatic heterocycles. The predicted molar refractivity (Wildman–Crippen MR) is 101 cm³/mol. The van der Waals surface area contributed by atoms with E-state index in [-0.39, 0.29) is 12.4 Å². The van der Waals surface area contributed by atoms with Crippen LogP contribution in [-0.2, 0) is 11.3 Å². The van der Waals surface area contributed by atoms with E-state index in [2.05, 4.69) is 29.2 Å². The monoisotopic (exact) mass is 342 g/mol. The zero-order valence-corrected chi connectivity index (χ0v) is 14.2. The van der Waals surface area contributed by atoms with Gasteiger partial charge in [0.15, 0.2) is 5.82 Å². The summed E-state index contributed by atoms with van der Waals surface area (Å²) in [6, 6.07) is 24.0. The minimum absolute atomic E-state index is 0.00330. The van der Waals surface area contributed by atoms with Crippen LogP contribution in [0.1, 0.15) is 16.2 Å². The number of carbonyl (C=O) groups is 1. The summed E-state index contributed by atoms with van der Waals surface area (Å²) in [5.41, 5.74) is 1.95. The van der Waals surface area contributed by atoms with Crippen LogP contribution >= 0.6 is 0 Å². The molecule has 4 aromatic rings. The zero-order valence-electron chi connectivity index (χ0n) is 14.2. The van der Waals surface area contributed by atoms with Crippen LogP contribution < -0.4 is 0 Å². The molecule has 3 aromatic carbocycles. The summed E-state index contributed by atoms with van der Waals surface area (Å²) in [4.78, 5) is 16.7. The molecule has 4 nitrogen and oxygen atoms in total. The molecular formula is C22H18N2O2. The second-order valence-corrected chi connectivity index (χ2v) is 6.05. The van der Waals surface area contributed by atoms with Gasteiger partial charge < -0.3 is 4.74 Å². The molecule has 1 aromatic heterocycles. The number of Topliss-reactive ketones (excluding diaryl/α,β-unsaturated/α-hetero) is 1. The lowest BCUT2D eigenvalue weighted by Gasteiger charge is -2.08. The highest BCUT2D eigenvalue weighted by Gasteiger charge is 2.14. The van der Waals surface area contributed by atoms with Gasteiger partial charge in [0.1, 0.15) is 6.61 Å². The van der Waals surface area contributed by atoms with Crippen molar-refractivity contribution in [2.45, 2.75) is 6.61 Å². The van der Waals surface area contributed by atoms with E-state index in [9.17, 15) is 4.79 Å². The number of carbonyl (C=O) groups excluding carboxylic acids is 1. The Balaban J connectivity index is 1.42. The Labute approximate surface area is 151 Å². The Morgan fingerprint density at radius 1 is 0.923 bits per heavy atom. The third kappa shape index (κ3) is 3.41. The highest BCUT2D eigenvalue weighted by molar-refractivity contribution is 5.94. The molecule has 4 rings (SSSR count). The van der Waals surface area contributed by atoms with Crippen LogP contribution in [0.3, 0.4) is 0 Å². The molecule has 0 N–H and O–H groups in total. The summed E-state index contributed by atoms with van der Waals surface area (Å²) < 4.78 is 7.42. The summed E-state index contributed by atoms with van der Waals surface area (Å²) in [5, 5.41) is 2.36. The molecule has 128 valence electrons. The van der Waals surface area contributed by atoms with Crippen LogP contribution in [0.25, 0.3) is 16.5 Å². The highest BCUT2D eigenvalue weighted by atomic mass is 16.5. The van der Waals surface area contributed by atoms with Crippen molar-refractivity contribution in [1.29, 1.82) is 0 Å². The van der Waals surface area contributed by atoms with Gasteiger partial charge in [-0.25, -0.2) is 4.98 Å². The topological polar surface area (TPSA) is 44.1 Å². The summed E-state index contributed by atoms with van der Waals surface area (Å²) in [6.45, 7) is 0.388. The maximum Gasteiger partial charge on any atom is 0.224 e. The molecule has 0 unspecified atom stereocenters. The Bertz CT molecular complexity index is 1040. The van der Waals surface area contributed by atoms with Crippen LogP contribution in [-0.4, -0.2) is 21.9 Å². The van der Waals surface area contributed by atoms with E-state index in [4.69, 9.17) is 4.74 Å². The molecule has 1 heterocycles. The smallest absolute Gasteiger partial charge is 0.224 e. The number of rotatable bonds is 6. The fourth-order valence-corrected chi connectivity index (χ4v) is 2.96. The number of fused-ring (bicyclic) bond motifs is 1. The summed E-state index contributed by atoms with van der Waals surface area (Å²) in [5.74, 6) is 0.245. The molecule has 0 aliphatic rings. The van der Waals surface area contributed by atoms with Crippen molar-refractivity contribution < 1.29 is 9.53 Å². The van der Waals surface area contributed by atoms with Gasteiger partial charge in [-0.3, -0.25) is 9.36 Å². The van der Waals surface area contributed by atoms with E-state index in [0.717, 1.165) is 11.3 Å². The van der Waals surface area contributed by atoms with E-state index in [0.29, 0.717) is 12.4 Å². The first-order valence-corrected chi connectivity index (χ1v) is 8.49. The van der Waals surface area contributed by atoms with Crippen molar-refractivity contribution in [2.75, 3.05) is 6.61 Å². The average molecular weight is 342 g/mol. The normalized spacial score (nSPS) is 10.9. The summed E-state index contributed by atoms with van der Waals surface area (Å²) >= 11 is 0. The standard InChI is InChI=1S/C22H18N2O2/c25-21(22-23-12-13-24(22)20-8-2-1-3-9-20)16-26-15-17-10-11-18-6-4-5-7-19(18)14-17/h1-14H,15-16H2. The molecule has 0 saturated heterocycles. The van der Waals surface area contributed by atoms with Crippen molar-refractivity contribution in [2.24, 2.45) is 0 Å². The number of benzene rings is 3. The van der Waals surface area contributed by atoms with Gasteiger partial charge in [0.05, 0.1) is 6.61 Å². The van der Waals surface area contributed by atoms with Crippen LogP contribution in [0.15, 0.2) is 85.2 Å². The lowest BCUT2D eigenvalue weighted by molar-refractivity contribution is 0.0715. The Kier molecular flexibility index (Phi) is 4.58. The number of ketones is 1. The van der Waals surface area contributed by atoms with Crippen LogP contribution in [0.4, 0.5) is 0 Å². The first-order chi connectivity index (χ1) is 12.8. The number of aromatic nitrogens is 2. The molecule has 0 amide bonds. The zero-order chi connectivity index (χ0) is 17.8. The van der Waals surface area contributed by atoms with E-state index in [1.165, 1.54) is 10.8 Å². The maximum atomic E-state index is 12.5. The van der Waals surface area contributed by atoms with Gasteiger partial charge in [-0.05, 0) is 34.5 Å². The molecule has 0 bridgehead atoms. The molecular weight excluding hydrogens is 324 g/mol. The SMILES string of the molecule is O=C(COCc1ccc2ccccc2c1)c1nccn1-c1ccccc1. The second kappa shape index (κ2) is 7.33. The first-order valence-electron chi connectivity index (χ1n) is 8.49. The molecule has 0 atom stereocenters. The van der Waals surface area contributed by atoms with Crippen molar-refractivity contribution >= 4 is 16.6 Å². The fourth-order valence-electron chi connectivity index (χ4n) is 2.96. The predicted octanol–water partition coefficient (Wildman–Crippen LogP) is 4.43. The third-order valence-electron chi connectivity index (χ3n) is 4.24. The maximum absolute atomic E-state index is 12.5. The molecule has 0 saturated carbocycles. The van der Waals surface area contributed by atoms with Crippen LogP contribution in [0.5, 0.6) is 0 Å². The molecule has 26 heavy (non-hydrogen) atoms. The van der Waals surface area contributed by atoms with Crippen molar-refractivity contribution in [3.05, 3.63) is 96.6 Å². The minimum Gasteiger partial charge on any atom is -0.368 e. The second-order valence-electron chi connectivity index (χ2n) is 6.05. The summed E-state index contributed by atoms with van der Waals surface area (Å²) in [6.07, 6.45) is 3.41. The Morgan fingerprint density at radius 3 is 2.54 bits per heavy atom. The lowest BCUT2D eigenvalue weighted by atomic mass is 10.1. The quantitative estimate of drug-likeness (QED) is 0.487. The molecule has 0 aliphatic carbocycles. The molecule has 0 fully saturated rings.